The fraction of sp³-hybridized carbons (Fsp3) is 0.125. The zero-order valence-corrected chi connectivity index (χ0v) is 19.6. The Bertz CT molecular complexity index is 1290. The molecule has 0 aliphatic heterocycles. The number of benzene rings is 3. The molecule has 0 bridgehead atoms. The summed E-state index contributed by atoms with van der Waals surface area (Å²) in [6.07, 6.45) is 0. The average molecular weight is 491 g/mol. The van der Waals surface area contributed by atoms with Crippen LogP contribution in [-0.4, -0.2) is 38.5 Å². The number of carbonyl (C=O) groups excluding carboxylic acids is 1. The number of nitrogens with zero attached hydrogens (tertiary/aromatic N) is 4. The smallest absolute Gasteiger partial charge is 0.269 e. The normalized spacial score (nSPS) is 10.5. The van der Waals surface area contributed by atoms with Crippen LogP contribution in [0.3, 0.4) is 0 Å². The number of aromatic nitrogens is 3. The van der Waals surface area contributed by atoms with Gasteiger partial charge in [-0.1, -0.05) is 30.0 Å². The number of amides is 1. The van der Waals surface area contributed by atoms with Crippen molar-refractivity contribution in [2.24, 2.45) is 0 Å². The topological polar surface area (TPSA) is 124 Å². The Morgan fingerprint density at radius 3 is 2.34 bits per heavy atom. The standard InChI is InChI=1S/C24H22N6O4S/c1-34-21-13-9-17(10-14-21)25-15-22-27-28-24(29(22)19-5-3-2-4-6-19)35-16-23(31)26-18-7-11-20(12-8-18)30(32)33/h2-14,25H,15-16H2,1H3,(H,26,31). The second-order valence-corrected chi connectivity index (χ2v) is 8.24. The highest BCUT2D eigenvalue weighted by Crippen LogP contribution is 2.24. The largest absolute Gasteiger partial charge is 0.497 e. The van der Waals surface area contributed by atoms with Gasteiger partial charge < -0.3 is 15.4 Å². The summed E-state index contributed by atoms with van der Waals surface area (Å²) >= 11 is 1.25. The van der Waals surface area contributed by atoms with Crippen LogP contribution in [0.1, 0.15) is 5.82 Å². The van der Waals surface area contributed by atoms with Gasteiger partial charge in [-0.25, -0.2) is 0 Å². The number of carbonyl (C=O) groups is 1. The molecule has 11 heteroatoms. The lowest BCUT2D eigenvalue weighted by Crippen LogP contribution is -2.15. The number of ether oxygens (including phenoxy) is 1. The summed E-state index contributed by atoms with van der Waals surface area (Å²) in [7, 11) is 1.62. The van der Waals surface area contributed by atoms with Crippen LogP contribution in [0.15, 0.2) is 84.0 Å². The first-order chi connectivity index (χ1) is 17.0. The van der Waals surface area contributed by atoms with Crippen LogP contribution < -0.4 is 15.4 Å². The Morgan fingerprint density at radius 1 is 1.00 bits per heavy atom. The molecule has 35 heavy (non-hydrogen) atoms. The molecule has 10 nitrogen and oxygen atoms in total. The van der Waals surface area contributed by atoms with E-state index in [-0.39, 0.29) is 17.3 Å². The number of nitro benzene ring substituents is 1. The van der Waals surface area contributed by atoms with Gasteiger partial charge in [0.15, 0.2) is 11.0 Å². The highest BCUT2D eigenvalue weighted by Gasteiger charge is 2.16. The molecule has 2 N–H and O–H groups in total. The SMILES string of the molecule is COc1ccc(NCc2nnc(SCC(=O)Nc3ccc([N+](=O)[O-])cc3)n2-c2ccccc2)cc1. The number of thioether (sulfide) groups is 1. The lowest BCUT2D eigenvalue weighted by atomic mass is 10.3. The molecule has 178 valence electrons. The fourth-order valence-electron chi connectivity index (χ4n) is 3.23. The van der Waals surface area contributed by atoms with E-state index in [1.807, 2.05) is 59.2 Å². The van der Waals surface area contributed by atoms with Crippen LogP contribution in [0.5, 0.6) is 5.75 Å². The summed E-state index contributed by atoms with van der Waals surface area (Å²) < 4.78 is 7.10. The van der Waals surface area contributed by atoms with Crippen LogP contribution in [0.4, 0.5) is 17.1 Å². The summed E-state index contributed by atoms with van der Waals surface area (Å²) in [5.74, 6) is 1.29. The van der Waals surface area contributed by atoms with Crippen molar-refractivity contribution in [3.63, 3.8) is 0 Å². The second-order valence-electron chi connectivity index (χ2n) is 7.29. The molecule has 0 radical (unpaired) electrons. The summed E-state index contributed by atoms with van der Waals surface area (Å²) in [5, 5.41) is 26.1. The third-order valence-electron chi connectivity index (χ3n) is 4.95. The monoisotopic (exact) mass is 490 g/mol. The third kappa shape index (κ3) is 6.15. The Labute approximate surface area is 205 Å². The maximum atomic E-state index is 12.5. The number of nitro groups is 1. The number of anilines is 2. The summed E-state index contributed by atoms with van der Waals surface area (Å²) in [6.45, 7) is 0.420. The molecule has 0 unspecified atom stereocenters. The number of hydrogen-bond donors (Lipinski definition) is 2. The van der Waals surface area contributed by atoms with Crippen LogP contribution in [-0.2, 0) is 11.3 Å². The molecule has 0 spiro atoms. The molecule has 0 aliphatic rings. The number of hydrogen-bond acceptors (Lipinski definition) is 8. The lowest BCUT2D eigenvalue weighted by molar-refractivity contribution is -0.384. The lowest BCUT2D eigenvalue weighted by Gasteiger charge is -2.12. The molecule has 0 atom stereocenters. The van der Waals surface area contributed by atoms with E-state index >= 15 is 0 Å². The van der Waals surface area contributed by atoms with Crippen molar-refractivity contribution in [2.45, 2.75) is 11.7 Å². The summed E-state index contributed by atoms with van der Waals surface area (Å²) in [5.41, 5.74) is 2.23. The fourth-order valence-corrected chi connectivity index (χ4v) is 4.00. The zero-order valence-electron chi connectivity index (χ0n) is 18.7. The molecule has 4 rings (SSSR count). The molecule has 1 aromatic heterocycles. The Hall–Kier alpha value is -4.38. The number of para-hydroxylation sites is 1. The van der Waals surface area contributed by atoms with E-state index in [0.29, 0.717) is 23.2 Å². The first-order valence-electron chi connectivity index (χ1n) is 10.6. The third-order valence-corrected chi connectivity index (χ3v) is 5.88. The van der Waals surface area contributed by atoms with Gasteiger partial charge in [0.05, 0.1) is 24.3 Å². The average Bonchev–Trinajstić information content (AvgIpc) is 3.30. The predicted molar refractivity (Wildman–Crippen MR) is 134 cm³/mol. The minimum atomic E-state index is -0.487. The Kier molecular flexibility index (Phi) is 7.58. The van der Waals surface area contributed by atoms with Crippen LogP contribution in [0, 0.1) is 10.1 Å². The van der Waals surface area contributed by atoms with Crippen molar-refractivity contribution in [1.29, 1.82) is 0 Å². The summed E-state index contributed by atoms with van der Waals surface area (Å²) in [4.78, 5) is 22.8. The van der Waals surface area contributed by atoms with E-state index < -0.39 is 4.92 Å². The van der Waals surface area contributed by atoms with Crippen molar-refractivity contribution >= 4 is 34.7 Å². The van der Waals surface area contributed by atoms with Gasteiger partial charge in [-0.05, 0) is 48.5 Å². The van der Waals surface area contributed by atoms with Gasteiger partial charge in [0.25, 0.3) is 5.69 Å². The van der Waals surface area contributed by atoms with E-state index in [0.717, 1.165) is 17.1 Å². The number of methoxy groups -OCH3 is 1. The molecule has 1 heterocycles. The maximum absolute atomic E-state index is 12.5. The van der Waals surface area contributed by atoms with Gasteiger partial charge in [-0.15, -0.1) is 10.2 Å². The van der Waals surface area contributed by atoms with E-state index in [4.69, 9.17) is 4.74 Å². The molecule has 4 aromatic rings. The predicted octanol–water partition coefficient (Wildman–Crippen LogP) is 4.53. The van der Waals surface area contributed by atoms with Crippen molar-refractivity contribution in [2.75, 3.05) is 23.5 Å². The van der Waals surface area contributed by atoms with Gasteiger partial charge in [-0.2, -0.15) is 0 Å². The van der Waals surface area contributed by atoms with E-state index in [9.17, 15) is 14.9 Å². The van der Waals surface area contributed by atoms with Gasteiger partial charge in [0.1, 0.15) is 5.75 Å². The molecule has 1 amide bonds. The first kappa shape index (κ1) is 23.8. The minimum Gasteiger partial charge on any atom is -0.497 e. The molecular weight excluding hydrogens is 468 g/mol. The number of rotatable bonds is 10. The van der Waals surface area contributed by atoms with E-state index in [1.54, 1.807) is 7.11 Å². The van der Waals surface area contributed by atoms with Crippen LogP contribution >= 0.6 is 11.8 Å². The molecule has 0 aliphatic carbocycles. The number of non-ortho nitro benzene ring substituents is 1. The van der Waals surface area contributed by atoms with Crippen molar-refractivity contribution in [1.82, 2.24) is 14.8 Å². The molecule has 0 fully saturated rings. The first-order valence-corrected chi connectivity index (χ1v) is 11.6. The summed E-state index contributed by atoms with van der Waals surface area (Å²) in [6, 6.07) is 22.9. The van der Waals surface area contributed by atoms with Crippen molar-refractivity contribution in [3.05, 3.63) is 94.8 Å². The highest BCUT2D eigenvalue weighted by atomic mass is 32.2. The quantitative estimate of drug-likeness (QED) is 0.189. The van der Waals surface area contributed by atoms with Gasteiger partial charge >= 0.3 is 0 Å². The Balaban J connectivity index is 1.45. The van der Waals surface area contributed by atoms with Crippen molar-refractivity contribution < 1.29 is 14.5 Å². The maximum Gasteiger partial charge on any atom is 0.269 e. The molecule has 3 aromatic carbocycles. The van der Waals surface area contributed by atoms with Gasteiger partial charge in [0, 0.05) is 29.2 Å². The molecular formula is C24H22N6O4S. The van der Waals surface area contributed by atoms with Gasteiger partial charge in [-0.3, -0.25) is 19.5 Å². The van der Waals surface area contributed by atoms with Crippen molar-refractivity contribution in [3.8, 4) is 11.4 Å². The Morgan fingerprint density at radius 2 is 1.69 bits per heavy atom. The van der Waals surface area contributed by atoms with Crippen LogP contribution in [0.2, 0.25) is 0 Å². The minimum absolute atomic E-state index is 0.0379. The highest BCUT2D eigenvalue weighted by molar-refractivity contribution is 7.99. The second kappa shape index (κ2) is 11.2. The number of nitrogens with one attached hydrogen (secondary N) is 2. The van der Waals surface area contributed by atoms with Crippen LogP contribution in [0.25, 0.3) is 5.69 Å². The molecule has 0 saturated carbocycles. The zero-order chi connectivity index (χ0) is 24.6. The molecule has 0 saturated heterocycles. The van der Waals surface area contributed by atoms with Gasteiger partial charge in [0.2, 0.25) is 5.91 Å². The van der Waals surface area contributed by atoms with E-state index in [1.165, 1.54) is 36.0 Å². The van der Waals surface area contributed by atoms with E-state index in [2.05, 4.69) is 20.8 Å².